The molecule has 6 nitrogen and oxygen atoms in total. The van der Waals surface area contributed by atoms with Crippen LogP contribution in [-0.2, 0) is 0 Å². The lowest BCUT2D eigenvalue weighted by molar-refractivity contribution is 1.16. The van der Waals surface area contributed by atoms with Gasteiger partial charge in [-0.2, -0.15) is 0 Å². The lowest BCUT2D eigenvalue weighted by Crippen LogP contribution is -2.00. The Morgan fingerprint density at radius 1 is 0.237 bits per heavy atom. The highest BCUT2D eigenvalue weighted by atomic mass is 15.0. The van der Waals surface area contributed by atoms with E-state index in [2.05, 4.69) is 279 Å². The third kappa shape index (κ3) is 6.22. The van der Waals surface area contributed by atoms with E-state index in [0.29, 0.717) is 5.82 Å². The van der Waals surface area contributed by atoms with E-state index in [1.807, 2.05) is 6.07 Å². The number of hydrogen-bond donors (Lipinski definition) is 0. The van der Waals surface area contributed by atoms with Crippen LogP contribution in [0.15, 0.2) is 267 Å². The van der Waals surface area contributed by atoms with Gasteiger partial charge in [-0.1, -0.05) is 176 Å². The Morgan fingerprint density at radius 3 is 1.32 bits per heavy atom. The molecule has 5 aromatic heterocycles. The van der Waals surface area contributed by atoms with Crippen molar-refractivity contribution in [2.24, 2.45) is 0 Å². The minimum absolute atomic E-state index is 0.679. The molecule has 0 saturated carbocycles. The van der Waals surface area contributed by atoms with Crippen molar-refractivity contribution in [3.05, 3.63) is 267 Å². The van der Waals surface area contributed by atoms with Crippen LogP contribution in [0.1, 0.15) is 0 Å². The quantitative estimate of drug-likeness (QED) is 0.160. The molecule has 16 rings (SSSR count). The number of fused-ring (bicyclic) bond motifs is 14. The monoisotopic (exact) mass is 968 g/mol. The van der Waals surface area contributed by atoms with Crippen molar-refractivity contribution >= 4 is 87.2 Å². The van der Waals surface area contributed by atoms with Crippen LogP contribution in [0.5, 0.6) is 0 Å². The van der Waals surface area contributed by atoms with Crippen molar-refractivity contribution in [1.82, 2.24) is 28.2 Å². The molecule has 11 aromatic carbocycles. The normalized spacial score (nSPS) is 11.9. The summed E-state index contributed by atoms with van der Waals surface area (Å²) in [5.41, 5.74) is 18.3. The third-order valence-corrected chi connectivity index (χ3v) is 15.5. The molecule has 6 heteroatoms. The van der Waals surface area contributed by atoms with E-state index < -0.39 is 0 Å². The standard InChI is InChI=1S/C70H44N6/c1-6-22-45(23-7-1)58-44-59(72-70(71-58)46-24-8-2-9-25-46)56-43-55-52-33-17-20-36-61(52)76(68(55)66-54-34-18-21-37-62(54)75(69(56)66)49-30-14-5-15-31-49)50-38-40-63-57(42-50)65-64(73(63)47-26-10-3-11-27-47)41-39-53-51-32-16-19-35-60(51)74(67(53)65)48-28-12-4-13-29-48/h1-44H. The fourth-order valence-electron chi connectivity index (χ4n) is 12.4. The van der Waals surface area contributed by atoms with Gasteiger partial charge < -0.3 is 18.3 Å². The van der Waals surface area contributed by atoms with Crippen LogP contribution >= 0.6 is 0 Å². The summed E-state index contributed by atoms with van der Waals surface area (Å²) in [6, 6.07) is 96.2. The lowest BCUT2D eigenvalue weighted by atomic mass is 9.99. The molecule has 76 heavy (non-hydrogen) atoms. The fraction of sp³-hybridized carbons (Fsp3) is 0. The minimum Gasteiger partial charge on any atom is -0.309 e. The van der Waals surface area contributed by atoms with Gasteiger partial charge in [0.05, 0.1) is 55.5 Å². The van der Waals surface area contributed by atoms with Gasteiger partial charge in [-0.05, 0) is 91.0 Å². The molecule has 0 fully saturated rings. The summed E-state index contributed by atoms with van der Waals surface area (Å²) in [6.07, 6.45) is 0. The summed E-state index contributed by atoms with van der Waals surface area (Å²) in [7, 11) is 0. The number of rotatable bonds is 7. The molecule has 5 heterocycles. The average molecular weight is 969 g/mol. The highest BCUT2D eigenvalue weighted by Gasteiger charge is 2.27. The first-order valence-electron chi connectivity index (χ1n) is 25.9. The number of para-hydroxylation sites is 6. The first-order valence-corrected chi connectivity index (χ1v) is 25.9. The topological polar surface area (TPSA) is 45.5 Å². The molecule has 0 aliphatic rings. The van der Waals surface area contributed by atoms with Gasteiger partial charge in [0.25, 0.3) is 0 Å². The van der Waals surface area contributed by atoms with Crippen LogP contribution in [0.25, 0.3) is 144 Å². The van der Waals surface area contributed by atoms with E-state index in [4.69, 9.17) is 9.97 Å². The van der Waals surface area contributed by atoms with Crippen LogP contribution in [0, 0.1) is 0 Å². The van der Waals surface area contributed by atoms with Gasteiger partial charge in [0.15, 0.2) is 5.82 Å². The lowest BCUT2D eigenvalue weighted by Gasteiger charge is -2.15. The van der Waals surface area contributed by atoms with E-state index in [1.165, 1.54) is 32.6 Å². The number of nitrogens with zero attached hydrogens (tertiary/aromatic N) is 6. The summed E-state index contributed by atoms with van der Waals surface area (Å²) >= 11 is 0. The van der Waals surface area contributed by atoms with Crippen molar-refractivity contribution in [3.8, 4) is 56.7 Å². The molecule has 0 aliphatic carbocycles. The molecule has 0 N–H and O–H groups in total. The first kappa shape index (κ1) is 42.2. The van der Waals surface area contributed by atoms with Gasteiger partial charge in [-0.3, -0.25) is 0 Å². The maximum atomic E-state index is 5.53. The predicted molar refractivity (Wildman–Crippen MR) is 316 cm³/mol. The predicted octanol–water partition coefficient (Wildman–Crippen LogP) is 17.9. The molecule has 0 bridgehead atoms. The molecule has 0 spiro atoms. The van der Waals surface area contributed by atoms with Gasteiger partial charge in [0.2, 0.25) is 0 Å². The third-order valence-electron chi connectivity index (χ3n) is 15.5. The van der Waals surface area contributed by atoms with Crippen LogP contribution < -0.4 is 0 Å². The number of hydrogen-bond acceptors (Lipinski definition) is 2. The zero-order valence-electron chi connectivity index (χ0n) is 41.1. The second-order valence-electron chi connectivity index (χ2n) is 19.7. The van der Waals surface area contributed by atoms with Gasteiger partial charge in [0.1, 0.15) is 0 Å². The second kappa shape index (κ2) is 16.6. The van der Waals surface area contributed by atoms with Gasteiger partial charge in [-0.15, -0.1) is 0 Å². The highest BCUT2D eigenvalue weighted by molar-refractivity contribution is 6.30. The molecule has 0 aliphatic heterocycles. The van der Waals surface area contributed by atoms with Crippen molar-refractivity contribution in [3.63, 3.8) is 0 Å². The Balaban J connectivity index is 1.07. The zero-order valence-corrected chi connectivity index (χ0v) is 41.1. The molecule has 16 aromatic rings. The van der Waals surface area contributed by atoms with E-state index >= 15 is 0 Å². The van der Waals surface area contributed by atoms with Crippen molar-refractivity contribution in [1.29, 1.82) is 0 Å². The van der Waals surface area contributed by atoms with Crippen LogP contribution in [0.3, 0.4) is 0 Å². The number of benzene rings is 11. The fourth-order valence-corrected chi connectivity index (χ4v) is 12.4. The van der Waals surface area contributed by atoms with Crippen LogP contribution in [0.2, 0.25) is 0 Å². The first-order chi connectivity index (χ1) is 37.7. The Labute approximate surface area is 436 Å². The van der Waals surface area contributed by atoms with E-state index in [1.54, 1.807) is 0 Å². The van der Waals surface area contributed by atoms with Crippen LogP contribution in [-0.4, -0.2) is 28.2 Å². The smallest absolute Gasteiger partial charge is 0.160 e. The maximum Gasteiger partial charge on any atom is 0.160 e. The molecular formula is C70H44N6. The molecule has 0 saturated heterocycles. The van der Waals surface area contributed by atoms with Crippen molar-refractivity contribution in [2.75, 3.05) is 0 Å². The zero-order chi connectivity index (χ0) is 49.8. The van der Waals surface area contributed by atoms with Gasteiger partial charge in [0, 0.05) is 82.5 Å². The molecule has 0 amide bonds. The van der Waals surface area contributed by atoms with E-state index in [0.717, 1.165) is 105 Å². The minimum atomic E-state index is 0.679. The highest BCUT2D eigenvalue weighted by Crippen LogP contribution is 2.48. The SMILES string of the molecule is c1ccc(-c2cc(-c3cc4c5ccccc5n(-c5ccc6c(c5)c5c(ccc7c8ccccc8n(-c8ccccc8)c75)n6-c5ccccc5)c4c4c5ccccc5n(-c5ccccc5)c34)nc(-c3ccccc3)n2)cc1. The summed E-state index contributed by atoms with van der Waals surface area (Å²) in [4.78, 5) is 10.8. The largest absolute Gasteiger partial charge is 0.309 e. The summed E-state index contributed by atoms with van der Waals surface area (Å²) in [6.45, 7) is 0. The van der Waals surface area contributed by atoms with E-state index in [9.17, 15) is 0 Å². The molecule has 0 radical (unpaired) electrons. The number of aromatic nitrogens is 6. The van der Waals surface area contributed by atoms with Gasteiger partial charge >= 0.3 is 0 Å². The van der Waals surface area contributed by atoms with Gasteiger partial charge in [-0.25, -0.2) is 9.97 Å². The molecule has 354 valence electrons. The Kier molecular flexibility index (Phi) is 9.23. The summed E-state index contributed by atoms with van der Waals surface area (Å²) in [5.74, 6) is 0.679. The molecular weight excluding hydrogens is 925 g/mol. The van der Waals surface area contributed by atoms with Crippen LogP contribution in [0.4, 0.5) is 0 Å². The Morgan fingerprint density at radius 2 is 0.684 bits per heavy atom. The Bertz CT molecular complexity index is 4890. The average Bonchev–Trinajstić information content (AvgIpc) is 4.39. The summed E-state index contributed by atoms with van der Waals surface area (Å²) in [5, 5.41) is 9.46. The van der Waals surface area contributed by atoms with Crippen molar-refractivity contribution in [2.45, 2.75) is 0 Å². The summed E-state index contributed by atoms with van der Waals surface area (Å²) < 4.78 is 9.89. The maximum absolute atomic E-state index is 5.53. The second-order valence-corrected chi connectivity index (χ2v) is 19.7. The molecule has 0 atom stereocenters. The Hall–Kier alpha value is -10.3. The molecule has 0 unspecified atom stereocenters. The van der Waals surface area contributed by atoms with Crippen molar-refractivity contribution < 1.29 is 0 Å². The van der Waals surface area contributed by atoms with E-state index in [-0.39, 0.29) is 0 Å².